The summed E-state index contributed by atoms with van der Waals surface area (Å²) < 4.78 is 0. The second kappa shape index (κ2) is 9.51. The Morgan fingerprint density at radius 3 is 2.14 bits per heavy atom. The normalized spacial score (nSPS) is 35.8. The zero-order valence-corrected chi connectivity index (χ0v) is 22.7. The van der Waals surface area contributed by atoms with Gasteiger partial charge in [-0.15, -0.1) is 0 Å². The van der Waals surface area contributed by atoms with Gasteiger partial charge < -0.3 is 0 Å². The van der Waals surface area contributed by atoms with Crippen molar-refractivity contribution in [1.82, 2.24) is 0 Å². The molecule has 0 heterocycles. The van der Waals surface area contributed by atoms with Crippen LogP contribution < -0.4 is 0 Å². The molecule has 4 aliphatic carbocycles. The molecule has 3 fully saturated rings. The molecule has 0 aromatic heterocycles. The molecule has 4 aliphatic rings. The molecule has 0 heteroatoms. The van der Waals surface area contributed by atoms with Gasteiger partial charge in [-0.3, -0.25) is 0 Å². The highest BCUT2D eigenvalue weighted by Gasteiger charge is 2.57. The van der Waals surface area contributed by atoms with E-state index >= 15 is 0 Å². The van der Waals surface area contributed by atoms with Crippen molar-refractivity contribution in [2.45, 2.75) is 78.6 Å². The zero-order chi connectivity index (χ0) is 24.8. The summed E-state index contributed by atoms with van der Waals surface area (Å²) in [5, 5.41) is 0. The molecule has 3 saturated carbocycles. The van der Waals surface area contributed by atoms with Crippen LogP contribution in [0.25, 0.3) is 5.57 Å². The first-order chi connectivity index (χ1) is 17.5. The van der Waals surface area contributed by atoms with E-state index in [0.29, 0.717) is 10.8 Å². The van der Waals surface area contributed by atoms with Crippen LogP contribution >= 0.6 is 0 Å². The SMILES string of the molecule is CC(=CC=C(c1ccccc1)c1ccccc1)C1=CC[C@H]2[C@@H]3CCC4CCCC[C@]4(C)[C@H]3CC[C@]12C. The minimum atomic E-state index is 0.354. The molecule has 2 aromatic rings. The Balaban J connectivity index is 1.28. The van der Waals surface area contributed by atoms with E-state index in [2.05, 4.69) is 99.7 Å². The van der Waals surface area contributed by atoms with Gasteiger partial charge in [-0.1, -0.05) is 106 Å². The molecule has 6 rings (SSSR count). The second-order valence-corrected chi connectivity index (χ2v) is 12.9. The summed E-state index contributed by atoms with van der Waals surface area (Å²) in [5.74, 6) is 3.76. The highest BCUT2D eigenvalue weighted by Crippen LogP contribution is 2.66. The molecule has 0 N–H and O–H groups in total. The van der Waals surface area contributed by atoms with Gasteiger partial charge >= 0.3 is 0 Å². The first-order valence-corrected chi connectivity index (χ1v) is 14.7. The van der Waals surface area contributed by atoms with Crippen molar-refractivity contribution >= 4 is 5.57 Å². The summed E-state index contributed by atoms with van der Waals surface area (Å²) in [7, 11) is 0. The van der Waals surface area contributed by atoms with Gasteiger partial charge in [0.15, 0.2) is 0 Å². The van der Waals surface area contributed by atoms with Crippen molar-refractivity contribution in [2.24, 2.45) is 34.5 Å². The minimum Gasteiger partial charge on any atom is -0.0802 e. The first-order valence-electron chi connectivity index (χ1n) is 14.7. The van der Waals surface area contributed by atoms with Gasteiger partial charge in [0.05, 0.1) is 0 Å². The van der Waals surface area contributed by atoms with Crippen molar-refractivity contribution < 1.29 is 0 Å². The molecule has 0 radical (unpaired) electrons. The lowest BCUT2D eigenvalue weighted by Crippen LogP contribution is -2.52. The summed E-state index contributed by atoms with van der Waals surface area (Å²) in [6.45, 7) is 7.69. The lowest BCUT2D eigenvalue weighted by molar-refractivity contribution is -0.0984. The van der Waals surface area contributed by atoms with Crippen molar-refractivity contribution in [3.8, 4) is 0 Å². The van der Waals surface area contributed by atoms with Gasteiger partial charge in [-0.05, 0) is 114 Å². The van der Waals surface area contributed by atoms with E-state index < -0.39 is 0 Å². The van der Waals surface area contributed by atoms with E-state index in [1.165, 1.54) is 80.1 Å². The van der Waals surface area contributed by atoms with Crippen LogP contribution in [0.5, 0.6) is 0 Å². The average molecular weight is 477 g/mol. The van der Waals surface area contributed by atoms with E-state index in [9.17, 15) is 0 Å². The van der Waals surface area contributed by atoms with Crippen LogP contribution in [0.4, 0.5) is 0 Å². The molecule has 0 saturated heterocycles. The average Bonchev–Trinajstić information content (AvgIpc) is 3.27. The largest absolute Gasteiger partial charge is 0.0802 e. The summed E-state index contributed by atoms with van der Waals surface area (Å²) in [6, 6.07) is 21.7. The Morgan fingerprint density at radius 2 is 1.44 bits per heavy atom. The number of hydrogen-bond acceptors (Lipinski definition) is 0. The number of fused-ring (bicyclic) bond motifs is 5. The predicted molar refractivity (Wildman–Crippen MR) is 154 cm³/mol. The Morgan fingerprint density at radius 1 is 0.750 bits per heavy atom. The molecule has 36 heavy (non-hydrogen) atoms. The molecule has 0 amide bonds. The maximum atomic E-state index is 2.70. The van der Waals surface area contributed by atoms with Crippen LogP contribution in [0, 0.1) is 34.5 Å². The maximum absolute atomic E-state index is 2.70. The van der Waals surface area contributed by atoms with E-state index in [1.807, 2.05) is 0 Å². The van der Waals surface area contributed by atoms with Crippen LogP contribution in [0.1, 0.15) is 89.7 Å². The first kappa shape index (κ1) is 24.0. The Bertz CT molecular complexity index is 1120. The van der Waals surface area contributed by atoms with Gasteiger partial charge in [-0.25, -0.2) is 0 Å². The van der Waals surface area contributed by atoms with Gasteiger partial charge in [0.25, 0.3) is 0 Å². The molecule has 2 aromatic carbocycles. The van der Waals surface area contributed by atoms with E-state index in [4.69, 9.17) is 0 Å². The lowest BCUT2D eigenvalue weighted by atomic mass is 9.45. The van der Waals surface area contributed by atoms with Crippen LogP contribution in [0.3, 0.4) is 0 Å². The second-order valence-electron chi connectivity index (χ2n) is 12.9. The molecule has 188 valence electrons. The smallest absolute Gasteiger partial charge is 0.00418 e. The Kier molecular flexibility index (Phi) is 6.35. The zero-order valence-electron chi connectivity index (χ0n) is 22.7. The van der Waals surface area contributed by atoms with Crippen molar-refractivity contribution in [3.05, 3.63) is 101 Å². The molecule has 0 spiro atoms. The Labute approximate surface area is 219 Å². The third kappa shape index (κ3) is 3.96. The van der Waals surface area contributed by atoms with Gasteiger partial charge in [0.1, 0.15) is 0 Å². The third-order valence-electron chi connectivity index (χ3n) is 11.3. The standard InChI is InChI=1S/C36H44/c1-26(17-19-30(27-12-6-4-7-13-27)28-14-8-5-9-15-28)32-21-22-33-31-20-18-29-16-10-11-24-35(29,2)34(31)23-25-36(32,33)3/h4-9,12-15,17,19,21,29,31,33-34H,10-11,16,18,20,22-25H2,1-3H3/t29?,31-,33-,34-,35-,36+/m0/s1. The molecular weight excluding hydrogens is 432 g/mol. The molecule has 6 atom stereocenters. The van der Waals surface area contributed by atoms with E-state index in [0.717, 1.165) is 23.7 Å². The fourth-order valence-electron chi connectivity index (χ4n) is 9.37. The fraction of sp³-hybridized carbons (Fsp3) is 0.500. The lowest BCUT2D eigenvalue weighted by Gasteiger charge is -2.60. The summed E-state index contributed by atoms with van der Waals surface area (Å²) in [4.78, 5) is 0. The van der Waals surface area contributed by atoms with E-state index in [-0.39, 0.29) is 0 Å². The van der Waals surface area contributed by atoms with Gasteiger partial charge in [0.2, 0.25) is 0 Å². The number of allylic oxidation sites excluding steroid dienone is 5. The van der Waals surface area contributed by atoms with E-state index in [1.54, 1.807) is 5.57 Å². The van der Waals surface area contributed by atoms with Crippen LogP contribution in [-0.4, -0.2) is 0 Å². The molecular formula is C36H44. The summed E-state index contributed by atoms with van der Waals surface area (Å²) >= 11 is 0. The molecule has 0 bridgehead atoms. The summed E-state index contributed by atoms with van der Waals surface area (Å²) in [6.07, 6.45) is 20.5. The fourth-order valence-corrected chi connectivity index (χ4v) is 9.37. The minimum absolute atomic E-state index is 0.354. The number of hydrogen-bond donors (Lipinski definition) is 0. The van der Waals surface area contributed by atoms with Crippen molar-refractivity contribution in [2.75, 3.05) is 0 Å². The molecule has 1 unspecified atom stereocenters. The van der Waals surface area contributed by atoms with Crippen LogP contribution in [0.2, 0.25) is 0 Å². The number of benzene rings is 2. The monoisotopic (exact) mass is 476 g/mol. The highest BCUT2D eigenvalue weighted by atomic mass is 14.6. The van der Waals surface area contributed by atoms with Gasteiger partial charge in [0, 0.05) is 0 Å². The van der Waals surface area contributed by atoms with Crippen LogP contribution in [-0.2, 0) is 0 Å². The van der Waals surface area contributed by atoms with Crippen molar-refractivity contribution in [1.29, 1.82) is 0 Å². The Hall–Kier alpha value is -2.34. The predicted octanol–water partition coefficient (Wildman–Crippen LogP) is 10.0. The molecule has 0 aliphatic heterocycles. The quantitative estimate of drug-likeness (QED) is 0.385. The van der Waals surface area contributed by atoms with Gasteiger partial charge in [-0.2, -0.15) is 0 Å². The third-order valence-corrected chi connectivity index (χ3v) is 11.3. The highest BCUT2D eigenvalue weighted by molar-refractivity contribution is 5.81. The summed E-state index contributed by atoms with van der Waals surface area (Å²) in [5.41, 5.74) is 7.99. The van der Waals surface area contributed by atoms with Crippen molar-refractivity contribution in [3.63, 3.8) is 0 Å². The molecule has 0 nitrogen and oxygen atoms in total. The maximum Gasteiger partial charge on any atom is -0.00418 e. The topological polar surface area (TPSA) is 0 Å². The number of rotatable bonds is 4. The van der Waals surface area contributed by atoms with Crippen LogP contribution in [0.15, 0.2) is 90.0 Å².